The monoisotopic (exact) mass is 360 g/mol. The molecule has 2 heterocycles. The first-order valence-electron chi connectivity index (χ1n) is 8.69. The maximum Gasteiger partial charge on any atom is 0.254 e. The number of amides is 1. The number of H-pyrrole nitrogens is 2. The fourth-order valence-electron chi connectivity index (χ4n) is 3.11. The minimum Gasteiger partial charge on any atom is -0.340 e. The SMILES string of the molecule is Cc1cc2nc(CN(C)C(=O)c3ccccc3-c3ncn[nH]3)[nH]c2cc1C. The van der Waals surface area contributed by atoms with Crippen LogP contribution in [0.25, 0.3) is 22.4 Å². The molecule has 0 aliphatic carbocycles. The Kier molecular flexibility index (Phi) is 4.19. The third kappa shape index (κ3) is 3.19. The largest absolute Gasteiger partial charge is 0.340 e. The smallest absolute Gasteiger partial charge is 0.254 e. The predicted molar refractivity (Wildman–Crippen MR) is 103 cm³/mol. The number of aromatic nitrogens is 5. The lowest BCUT2D eigenvalue weighted by Gasteiger charge is -2.17. The lowest BCUT2D eigenvalue weighted by molar-refractivity contribution is 0.0782. The van der Waals surface area contributed by atoms with E-state index in [1.54, 1.807) is 18.0 Å². The normalized spacial score (nSPS) is 11.1. The quantitative estimate of drug-likeness (QED) is 0.584. The van der Waals surface area contributed by atoms with Crippen LogP contribution in [-0.4, -0.2) is 43.0 Å². The Balaban J connectivity index is 1.61. The van der Waals surface area contributed by atoms with E-state index >= 15 is 0 Å². The summed E-state index contributed by atoms with van der Waals surface area (Å²) < 4.78 is 0. The van der Waals surface area contributed by atoms with Gasteiger partial charge in [-0.15, -0.1) is 0 Å². The van der Waals surface area contributed by atoms with E-state index in [1.807, 2.05) is 18.2 Å². The summed E-state index contributed by atoms with van der Waals surface area (Å²) in [7, 11) is 1.77. The Morgan fingerprint density at radius 1 is 1.15 bits per heavy atom. The topological polar surface area (TPSA) is 90.6 Å². The van der Waals surface area contributed by atoms with Gasteiger partial charge in [-0.25, -0.2) is 9.97 Å². The predicted octanol–water partition coefficient (Wildman–Crippen LogP) is 3.24. The van der Waals surface area contributed by atoms with Crippen molar-refractivity contribution in [2.75, 3.05) is 7.05 Å². The van der Waals surface area contributed by atoms with E-state index in [0.717, 1.165) is 22.4 Å². The highest BCUT2D eigenvalue weighted by Gasteiger charge is 2.19. The number of aromatic amines is 2. The second-order valence-corrected chi connectivity index (χ2v) is 6.68. The minimum absolute atomic E-state index is 0.102. The number of carbonyl (C=O) groups is 1. The first-order chi connectivity index (χ1) is 13.0. The average molecular weight is 360 g/mol. The molecule has 0 unspecified atom stereocenters. The van der Waals surface area contributed by atoms with Crippen molar-refractivity contribution >= 4 is 16.9 Å². The highest BCUT2D eigenvalue weighted by atomic mass is 16.2. The van der Waals surface area contributed by atoms with E-state index in [4.69, 9.17) is 0 Å². The van der Waals surface area contributed by atoms with Gasteiger partial charge in [0.05, 0.1) is 23.1 Å². The van der Waals surface area contributed by atoms with Crippen molar-refractivity contribution in [1.82, 2.24) is 30.0 Å². The number of nitrogens with zero attached hydrogens (tertiary/aromatic N) is 4. The fourth-order valence-corrected chi connectivity index (χ4v) is 3.11. The minimum atomic E-state index is -0.102. The molecule has 0 aliphatic rings. The van der Waals surface area contributed by atoms with Gasteiger partial charge in [0.15, 0.2) is 5.82 Å². The summed E-state index contributed by atoms with van der Waals surface area (Å²) in [5, 5.41) is 6.69. The number of hydrogen-bond acceptors (Lipinski definition) is 4. The van der Waals surface area contributed by atoms with Crippen molar-refractivity contribution in [3.8, 4) is 11.4 Å². The molecule has 2 N–H and O–H groups in total. The van der Waals surface area contributed by atoms with E-state index in [1.165, 1.54) is 17.5 Å². The van der Waals surface area contributed by atoms with Crippen LogP contribution in [0, 0.1) is 13.8 Å². The third-order valence-electron chi connectivity index (χ3n) is 4.71. The van der Waals surface area contributed by atoms with Crippen LogP contribution in [0.3, 0.4) is 0 Å². The van der Waals surface area contributed by atoms with Gasteiger partial charge in [0, 0.05) is 12.6 Å². The first kappa shape index (κ1) is 17.0. The Bertz CT molecular complexity index is 1070. The zero-order chi connectivity index (χ0) is 19.0. The Hall–Kier alpha value is -3.48. The lowest BCUT2D eigenvalue weighted by atomic mass is 10.1. The summed E-state index contributed by atoms with van der Waals surface area (Å²) >= 11 is 0. The maximum atomic E-state index is 13.0. The van der Waals surface area contributed by atoms with E-state index in [-0.39, 0.29) is 5.91 Å². The van der Waals surface area contributed by atoms with Crippen molar-refractivity contribution in [3.05, 3.63) is 65.2 Å². The van der Waals surface area contributed by atoms with Crippen molar-refractivity contribution in [1.29, 1.82) is 0 Å². The fraction of sp³-hybridized carbons (Fsp3) is 0.200. The molecule has 1 amide bonds. The van der Waals surface area contributed by atoms with E-state index < -0.39 is 0 Å². The van der Waals surface area contributed by atoms with Crippen LogP contribution in [0.1, 0.15) is 27.3 Å². The molecule has 27 heavy (non-hydrogen) atoms. The van der Waals surface area contributed by atoms with E-state index in [2.05, 4.69) is 51.1 Å². The van der Waals surface area contributed by atoms with Crippen molar-refractivity contribution in [2.45, 2.75) is 20.4 Å². The number of benzene rings is 2. The van der Waals surface area contributed by atoms with Crippen molar-refractivity contribution in [3.63, 3.8) is 0 Å². The van der Waals surface area contributed by atoms with Crippen molar-refractivity contribution in [2.24, 2.45) is 0 Å². The lowest BCUT2D eigenvalue weighted by Crippen LogP contribution is -2.27. The molecular formula is C20H20N6O. The Morgan fingerprint density at radius 2 is 1.93 bits per heavy atom. The summed E-state index contributed by atoms with van der Waals surface area (Å²) in [6.07, 6.45) is 1.43. The van der Waals surface area contributed by atoms with Gasteiger partial charge in [-0.05, 0) is 43.2 Å². The zero-order valence-electron chi connectivity index (χ0n) is 15.4. The molecule has 136 valence electrons. The molecule has 7 nitrogen and oxygen atoms in total. The Labute approximate surface area is 156 Å². The average Bonchev–Trinajstić information content (AvgIpc) is 3.31. The summed E-state index contributed by atoms with van der Waals surface area (Å²) in [5.41, 5.74) is 5.60. The summed E-state index contributed by atoms with van der Waals surface area (Å²) in [6, 6.07) is 11.5. The molecule has 2 aromatic carbocycles. The molecule has 7 heteroatoms. The van der Waals surface area contributed by atoms with Crippen LogP contribution in [0.15, 0.2) is 42.7 Å². The third-order valence-corrected chi connectivity index (χ3v) is 4.71. The molecule has 0 saturated carbocycles. The van der Waals surface area contributed by atoms with Gasteiger partial charge < -0.3 is 9.88 Å². The highest BCUT2D eigenvalue weighted by Crippen LogP contribution is 2.22. The molecule has 0 saturated heterocycles. The van der Waals surface area contributed by atoms with Gasteiger partial charge in [-0.1, -0.05) is 18.2 Å². The van der Waals surface area contributed by atoms with Crippen LogP contribution in [-0.2, 0) is 6.54 Å². The number of fused-ring (bicyclic) bond motifs is 1. The second kappa shape index (κ2) is 6.68. The number of carbonyl (C=O) groups excluding carboxylic acids is 1. The molecule has 0 spiro atoms. The van der Waals surface area contributed by atoms with Crippen LogP contribution < -0.4 is 0 Å². The molecule has 0 aliphatic heterocycles. The molecule has 2 aromatic heterocycles. The molecular weight excluding hydrogens is 340 g/mol. The molecule has 0 bridgehead atoms. The molecule has 4 aromatic rings. The first-order valence-corrected chi connectivity index (χ1v) is 8.69. The van der Waals surface area contributed by atoms with Crippen LogP contribution >= 0.6 is 0 Å². The van der Waals surface area contributed by atoms with Crippen molar-refractivity contribution < 1.29 is 4.79 Å². The number of rotatable bonds is 4. The number of aryl methyl sites for hydroxylation is 2. The van der Waals surface area contributed by atoms with Gasteiger partial charge >= 0.3 is 0 Å². The maximum absolute atomic E-state index is 13.0. The van der Waals surface area contributed by atoms with E-state index in [9.17, 15) is 4.79 Å². The van der Waals surface area contributed by atoms with Gasteiger partial charge in [0.2, 0.25) is 0 Å². The van der Waals surface area contributed by atoms with E-state index in [0.29, 0.717) is 17.9 Å². The van der Waals surface area contributed by atoms with Crippen LogP contribution in [0.2, 0.25) is 0 Å². The number of hydrogen-bond donors (Lipinski definition) is 2. The summed E-state index contributed by atoms with van der Waals surface area (Å²) in [5.74, 6) is 1.22. The number of imidazole rings is 1. The highest BCUT2D eigenvalue weighted by molar-refractivity contribution is 5.99. The second-order valence-electron chi connectivity index (χ2n) is 6.68. The Morgan fingerprint density at radius 3 is 2.70 bits per heavy atom. The van der Waals surface area contributed by atoms with Gasteiger partial charge in [0.1, 0.15) is 12.2 Å². The molecule has 0 radical (unpaired) electrons. The number of nitrogens with one attached hydrogen (secondary N) is 2. The molecule has 0 fully saturated rings. The van der Waals surface area contributed by atoms with Gasteiger partial charge in [-0.2, -0.15) is 5.10 Å². The zero-order valence-corrected chi connectivity index (χ0v) is 15.4. The van der Waals surface area contributed by atoms with Gasteiger partial charge in [-0.3, -0.25) is 9.89 Å². The van der Waals surface area contributed by atoms with Gasteiger partial charge in [0.25, 0.3) is 5.91 Å². The molecule has 4 rings (SSSR count). The molecule has 0 atom stereocenters. The standard InChI is InChI=1S/C20H20N6O/c1-12-8-16-17(9-13(12)2)24-18(23-16)10-26(3)20(27)15-7-5-4-6-14(15)19-21-11-22-25-19/h4-9,11H,10H2,1-3H3,(H,23,24)(H,21,22,25). The van der Waals surface area contributed by atoms with Crippen LogP contribution in [0.5, 0.6) is 0 Å². The van der Waals surface area contributed by atoms with Crippen LogP contribution in [0.4, 0.5) is 0 Å². The summed E-state index contributed by atoms with van der Waals surface area (Å²) in [4.78, 5) is 26.8. The summed E-state index contributed by atoms with van der Waals surface area (Å²) in [6.45, 7) is 4.53.